The number of benzene rings is 1. The van der Waals surface area contributed by atoms with Crippen molar-refractivity contribution in [3.05, 3.63) is 28.8 Å². The maximum absolute atomic E-state index is 14.0. The molecule has 7 heteroatoms. The summed E-state index contributed by atoms with van der Waals surface area (Å²) in [5.74, 6) is 0. The van der Waals surface area contributed by atoms with Gasteiger partial charge in [0.2, 0.25) is 10.0 Å². The number of rotatable bonds is 3. The Morgan fingerprint density at radius 3 is 2.50 bits per heavy atom. The number of sulfonamides is 1. The minimum absolute atomic E-state index is 0.0722. The number of aryl methyl sites for hydroxylation is 1. The van der Waals surface area contributed by atoms with Crippen molar-refractivity contribution in [3.63, 3.8) is 0 Å². The highest BCUT2D eigenvalue weighted by Gasteiger charge is 2.37. The van der Waals surface area contributed by atoms with Crippen molar-refractivity contribution in [3.8, 4) is 0 Å². The molecule has 0 spiro atoms. The summed E-state index contributed by atoms with van der Waals surface area (Å²) in [6.45, 7) is 2.01. The van der Waals surface area contributed by atoms with Crippen LogP contribution in [0.5, 0.6) is 0 Å². The molecule has 20 heavy (non-hydrogen) atoms. The Bertz CT molecular complexity index is 598. The third kappa shape index (κ3) is 2.98. The van der Waals surface area contributed by atoms with E-state index in [1.54, 1.807) is 13.0 Å². The van der Waals surface area contributed by atoms with Crippen LogP contribution in [0, 0.1) is 6.92 Å². The average Bonchev–Trinajstić information content (AvgIpc) is 2.42. The molecule has 0 saturated carbocycles. The highest BCUT2D eigenvalue weighted by molar-refractivity contribution is 7.89. The Morgan fingerprint density at radius 2 is 2.00 bits per heavy atom. The summed E-state index contributed by atoms with van der Waals surface area (Å²) < 4.78 is 40.2. The van der Waals surface area contributed by atoms with Gasteiger partial charge in [0.15, 0.2) is 0 Å². The summed E-state index contributed by atoms with van der Waals surface area (Å²) in [6, 6.07) is 4.63. The van der Waals surface area contributed by atoms with Gasteiger partial charge < -0.3 is 5.73 Å². The number of alkyl halides is 1. The Kier molecular flexibility index (Phi) is 4.39. The second-order valence-corrected chi connectivity index (χ2v) is 7.52. The van der Waals surface area contributed by atoms with Crippen LogP contribution in [0.25, 0.3) is 0 Å². The highest BCUT2D eigenvalue weighted by Crippen LogP contribution is 2.30. The summed E-state index contributed by atoms with van der Waals surface area (Å²) in [5.41, 5.74) is 4.75. The number of halogens is 2. The lowest BCUT2D eigenvalue weighted by atomic mass is 9.95. The van der Waals surface area contributed by atoms with Crippen LogP contribution in [0.4, 0.5) is 4.39 Å². The molecule has 1 heterocycles. The molecule has 0 amide bonds. The van der Waals surface area contributed by atoms with Gasteiger partial charge in [0.05, 0.1) is 4.90 Å². The molecule has 1 aromatic carbocycles. The van der Waals surface area contributed by atoms with Crippen LogP contribution < -0.4 is 5.73 Å². The van der Waals surface area contributed by atoms with E-state index in [1.807, 2.05) is 0 Å². The Labute approximate surface area is 123 Å². The molecule has 1 fully saturated rings. The first-order valence-corrected chi connectivity index (χ1v) is 8.26. The van der Waals surface area contributed by atoms with Crippen LogP contribution in [0.3, 0.4) is 0 Å². The van der Waals surface area contributed by atoms with Gasteiger partial charge in [-0.3, -0.25) is 0 Å². The molecule has 0 aliphatic carbocycles. The molecule has 0 bridgehead atoms. The topological polar surface area (TPSA) is 63.4 Å². The van der Waals surface area contributed by atoms with Crippen LogP contribution >= 0.6 is 11.6 Å². The van der Waals surface area contributed by atoms with E-state index in [4.69, 9.17) is 17.3 Å². The number of hydrogen-bond donors (Lipinski definition) is 1. The predicted octanol–water partition coefficient (Wildman–Crippen LogP) is 2.10. The normalized spacial score (nSPS) is 20.0. The van der Waals surface area contributed by atoms with Crippen LogP contribution in [-0.4, -0.2) is 38.0 Å². The van der Waals surface area contributed by atoms with Crippen molar-refractivity contribution < 1.29 is 12.8 Å². The summed E-state index contributed by atoms with van der Waals surface area (Å²) in [5, 5.41) is 0.407. The SMILES string of the molecule is Cc1ccc(S(=O)(=O)N2CCC(F)(CN)CC2)cc1Cl. The lowest BCUT2D eigenvalue weighted by Gasteiger charge is -2.34. The van der Waals surface area contributed by atoms with Gasteiger partial charge in [-0.05, 0) is 37.5 Å². The maximum atomic E-state index is 14.0. The van der Waals surface area contributed by atoms with E-state index in [0.29, 0.717) is 5.02 Å². The van der Waals surface area contributed by atoms with Gasteiger partial charge in [0.25, 0.3) is 0 Å². The summed E-state index contributed by atoms with van der Waals surface area (Å²) >= 11 is 5.97. The molecule has 112 valence electrons. The first kappa shape index (κ1) is 15.7. The van der Waals surface area contributed by atoms with Crippen molar-refractivity contribution in [2.75, 3.05) is 19.6 Å². The average molecular weight is 321 g/mol. The molecular formula is C13H18ClFN2O2S. The first-order valence-electron chi connectivity index (χ1n) is 6.44. The summed E-state index contributed by atoms with van der Waals surface area (Å²) in [4.78, 5) is 0.146. The fourth-order valence-electron chi connectivity index (χ4n) is 2.21. The Hall–Kier alpha value is -0.690. The van der Waals surface area contributed by atoms with E-state index in [0.717, 1.165) is 5.56 Å². The largest absolute Gasteiger partial charge is 0.328 e. The quantitative estimate of drug-likeness (QED) is 0.927. The molecular weight excluding hydrogens is 303 g/mol. The maximum Gasteiger partial charge on any atom is 0.243 e. The van der Waals surface area contributed by atoms with E-state index in [-0.39, 0.29) is 37.4 Å². The summed E-state index contributed by atoms with van der Waals surface area (Å²) in [7, 11) is -3.62. The van der Waals surface area contributed by atoms with Gasteiger partial charge in [0.1, 0.15) is 5.67 Å². The van der Waals surface area contributed by atoms with Crippen LogP contribution in [0.15, 0.2) is 23.1 Å². The zero-order valence-corrected chi connectivity index (χ0v) is 12.8. The van der Waals surface area contributed by atoms with Gasteiger partial charge >= 0.3 is 0 Å². The number of piperidine rings is 1. The van der Waals surface area contributed by atoms with Crippen LogP contribution in [0.1, 0.15) is 18.4 Å². The van der Waals surface area contributed by atoms with Crippen molar-refractivity contribution in [1.29, 1.82) is 0 Å². The predicted molar refractivity (Wildman–Crippen MR) is 77.1 cm³/mol. The van der Waals surface area contributed by atoms with Crippen LogP contribution in [0.2, 0.25) is 5.02 Å². The van der Waals surface area contributed by atoms with Crippen molar-refractivity contribution in [2.24, 2.45) is 5.73 Å². The first-order chi connectivity index (χ1) is 9.28. The van der Waals surface area contributed by atoms with E-state index in [9.17, 15) is 12.8 Å². The zero-order chi connectivity index (χ0) is 15.0. The van der Waals surface area contributed by atoms with Crippen molar-refractivity contribution in [2.45, 2.75) is 30.3 Å². The van der Waals surface area contributed by atoms with E-state index in [2.05, 4.69) is 0 Å². The van der Waals surface area contributed by atoms with Gasteiger partial charge in [-0.15, -0.1) is 0 Å². The van der Waals surface area contributed by atoms with Gasteiger partial charge in [0, 0.05) is 24.7 Å². The van der Waals surface area contributed by atoms with Gasteiger partial charge in [-0.25, -0.2) is 12.8 Å². The molecule has 1 aliphatic heterocycles. The number of hydrogen-bond acceptors (Lipinski definition) is 3. The van der Waals surface area contributed by atoms with Crippen molar-refractivity contribution >= 4 is 21.6 Å². The third-order valence-corrected chi connectivity index (χ3v) is 6.07. The van der Waals surface area contributed by atoms with Gasteiger partial charge in [-0.2, -0.15) is 4.31 Å². The third-order valence-electron chi connectivity index (χ3n) is 3.77. The number of nitrogens with zero attached hydrogens (tertiary/aromatic N) is 1. The molecule has 0 unspecified atom stereocenters. The second-order valence-electron chi connectivity index (χ2n) is 5.17. The van der Waals surface area contributed by atoms with E-state index < -0.39 is 15.7 Å². The molecule has 0 aromatic heterocycles. The zero-order valence-electron chi connectivity index (χ0n) is 11.3. The molecule has 1 aromatic rings. The highest BCUT2D eigenvalue weighted by atomic mass is 35.5. The fourth-order valence-corrected chi connectivity index (χ4v) is 3.93. The minimum atomic E-state index is -3.62. The standard InChI is InChI=1S/C13H18ClFN2O2S/c1-10-2-3-11(8-12(10)14)20(18,19)17-6-4-13(15,9-16)5-7-17/h2-3,8H,4-7,9,16H2,1H3. The van der Waals surface area contributed by atoms with E-state index >= 15 is 0 Å². The van der Waals surface area contributed by atoms with Crippen molar-refractivity contribution in [1.82, 2.24) is 4.31 Å². The molecule has 1 saturated heterocycles. The summed E-state index contributed by atoms with van der Waals surface area (Å²) in [6.07, 6.45) is 0.255. The Morgan fingerprint density at radius 1 is 1.40 bits per heavy atom. The molecule has 0 radical (unpaired) electrons. The molecule has 2 N–H and O–H groups in total. The molecule has 1 aliphatic rings. The molecule has 4 nitrogen and oxygen atoms in total. The lowest BCUT2D eigenvalue weighted by Crippen LogP contribution is -2.47. The van der Waals surface area contributed by atoms with Gasteiger partial charge in [-0.1, -0.05) is 17.7 Å². The second kappa shape index (κ2) is 5.60. The lowest BCUT2D eigenvalue weighted by molar-refractivity contribution is 0.0973. The number of nitrogens with two attached hydrogens (primary N) is 1. The minimum Gasteiger partial charge on any atom is -0.328 e. The van der Waals surface area contributed by atoms with E-state index in [1.165, 1.54) is 16.4 Å². The fraction of sp³-hybridized carbons (Fsp3) is 0.538. The Balaban J connectivity index is 2.22. The smallest absolute Gasteiger partial charge is 0.243 e. The molecule has 2 rings (SSSR count). The monoisotopic (exact) mass is 320 g/mol. The van der Waals surface area contributed by atoms with Crippen LogP contribution in [-0.2, 0) is 10.0 Å². The molecule has 0 atom stereocenters.